The number of ketones is 1. The summed E-state index contributed by atoms with van der Waals surface area (Å²) in [6.45, 7) is 3.88. The van der Waals surface area contributed by atoms with E-state index in [1.807, 2.05) is 12.1 Å². The normalized spacial score (nSPS) is 14.9. The van der Waals surface area contributed by atoms with Crippen LogP contribution >= 0.6 is 0 Å². The molecule has 6 nitrogen and oxygen atoms in total. The minimum absolute atomic E-state index is 0.0364. The van der Waals surface area contributed by atoms with E-state index in [1.165, 1.54) is 13.2 Å². The Kier molecular flexibility index (Phi) is 6.68. The Morgan fingerprint density at radius 2 is 1.82 bits per heavy atom. The lowest BCUT2D eigenvalue weighted by Gasteiger charge is -2.27. The van der Waals surface area contributed by atoms with Gasteiger partial charge in [-0.05, 0) is 42.0 Å². The highest BCUT2D eigenvalue weighted by atomic mass is 16.5. The topological polar surface area (TPSA) is 68.2 Å². The van der Waals surface area contributed by atoms with Crippen LogP contribution in [-0.4, -0.2) is 56.3 Å². The highest BCUT2D eigenvalue weighted by Crippen LogP contribution is 2.27. The molecule has 1 aliphatic heterocycles. The van der Waals surface area contributed by atoms with E-state index in [0.29, 0.717) is 23.4 Å². The lowest BCUT2D eigenvalue weighted by Crippen LogP contribution is -2.35. The van der Waals surface area contributed by atoms with E-state index in [-0.39, 0.29) is 11.5 Å². The van der Waals surface area contributed by atoms with Gasteiger partial charge in [-0.2, -0.15) is 0 Å². The minimum Gasteiger partial charge on any atom is -0.504 e. The zero-order chi connectivity index (χ0) is 19.9. The first-order valence-corrected chi connectivity index (χ1v) is 9.17. The Labute approximate surface area is 164 Å². The molecular formula is C22H25NO5. The molecule has 0 aromatic heterocycles. The number of carbonyl (C=O) groups excluding carboxylic acids is 1. The molecule has 1 fully saturated rings. The van der Waals surface area contributed by atoms with Crippen molar-refractivity contribution in [1.82, 2.24) is 4.90 Å². The van der Waals surface area contributed by atoms with E-state index in [4.69, 9.17) is 14.2 Å². The molecule has 1 aliphatic rings. The molecule has 1 N–H and O–H groups in total. The van der Waals surface area contributed by atoms with Gasteiger partial charge in [-0.1, -0.05) is 12.1 Å². The van der Waals surface area contributed by atoms with Crippen LogP contribution in [0.25, 0.3) is 6.08 Å². The Balaban J connectivity index is 1.75. The van der Waals surface area contributed by atoms with Gasteiger partial charge in [-0.25, -0.2) is 0 Å². The number of hydrogen-bond donors (Lipinski definition) is 1. The zero-order valence-electron chi connectivity index (χ0n) is 16.2. The number of carbonyl (C=O) groups is 1. The van der Waals surface area contributed by atoms with Crippen molar-refractivity contribution in [3.63, 3.8) is 0 Å². The predicted molar refractivity (Wildman–Crippen MR) is 107 cm³/mol. The van der Waals surface area contributed by atoms with Crippen molar-refractivity contribution >= 4 is 11.9 Å². The molecule has 0 bridgehead atoms. The maximum Gasteiger partial charge on any atom is 0.185 e. The molecule has 3 rings (SSSR count). The number of ether oxygens (including phenoxy) is 3. The molecule has 2 aromatic rings. The van der Waals surface area contributed by atoms with Gasteiger partial charge in [-0.3, -0.25) is 9.69 Å². The highest BCUT2D eigenvalue weighted by molar-refractivity contribution is 6.07. The van der Waals surface area contributed by atoms with Crippen LogP contribution in [0.2, 0.25) is 0 Å². The van der Waals surface area contributed by atoms with Crippen molar-refractivity contribution in [2.45, 2.75) is 6.54 Å². The molecule has 0 unspecified atom stereocenters. The summed E-state index contributed by atoms with van der Waals surface area (Å²) < 4.78 is 15.9. The third-order valence-corrected chi connectivity index (χ3v) is 4.69. The Morgan fingerprint density at radius 3 is 2.50 bits per heavy atom. The second-order valence-corrected chi connectivity index (χ2v) is 6.54. The molecule has 0 spiro atoms. The van der Waals surface area contributed by atoms with Crippen molar-refractivity contribution in [2.24, 2.45) is 0 Å². The smallest absolute Gasteiger partial charge is 0.185 e. The molecule has 0 atom stereocenters. The lowest BCUT2D eigenvalue weighted by atomic mass is 10.0. The molecule has 1 saturated heterocycles. The van der Waals surface area contributed by atoms with Gasteiger partial charge in [0, 0.05) is 30.8 Å². The molecule has 0 amide bonds. The SMILES string of the molecule is COc1ccc(/C=C/C(=O)c2ccc(OC)c(CN3CCOCC3)c2)cc1O. The lowest BCUT2D eigenvalue weighted by molar-refractivity contribution is 0.0338. The van der Waals surface area contributed by atoms with Crippen LogP contribution < -0.4 is 9.47 Å². The molecule has 0 radical (unpaired) electrons. The number of phenolic OH excluding ortho intramolecular Hbond substituents is 1. The van der Waals surface area contributed by atoms with Crippen LogP contribution in [-0.2, 0) is 11.3 Å². The van der Waals surface area contributed by atoms with E-state index in [0.717, 1.165) is 37.6 Å². The Morgan fingerprint density at radius 1 is 1.11 bits per heavy atom. The van der Waals surface area contributed by atoms with Crippen LogP contribution in [0.3, 0.4) is 0 Å². The van der Waals surface area contributed by atoms with Crippen molar-refractivity contribution < 1.29 is 24.1 Å². The third-order valence-electron chi connectivity index (χ3n) is 4.69. The van der Waals surface area contributed by atoms with E-state index in [1.54, 1.807) is 37.5 Å². The summed E-state index contributed by atoms with van der Waals surface area (Å²) in [5, 5.41) is 9.85. The number of allylic oxidation sites excluding steroid dienone is 1. The van der Waals surface area contributed by atoms with Gasteiger partial charge in [0.05, 0.1) is 27.4 Å². The molecular weight excluding hydrogens is 358 g/mol. The van der Waals surface area contributed by atoms with Gasteiger partial charge >= 0.3 is 0 Å². The fourth-order valence-corrected chi connectivity index (χ4v) is 3.13. The van der Waals surface area contributed by atoms with Crippen molar-refractivity contribution in [3.8, 4) is 17.2 Å². The van der Waals surface area contributed by atoms with E-state index in [9.17, 15) is 9.90 Å². The number of aromatic hydroxyl groups is 1. The van der Waals surface area contributed by atoms with Crippen LogP contribution in [0.4, 0.5) is 0 Å². The fourth-order valence-electron chi connectivity index (χ4n) is 3.13. The second kappa shape index (κ2) is 9.39. The maximum absolute atomic E-state index is 12.6. The molecule has 6 heteroatoms. The molecule has 28 heavy (non-hydrogen) atoms. The first-order chi connectivity index (χ1) is 13.6. The molecule has 0 saturated carbocycles. The number of methoxy groups -OCH3 is 2. The molecule has 1 heterocycles. The van der Waals surface area contributed by atoms with Gasteiger partial charge < -0.3 is 19.3 Å². The summed E-state index contributed by atoms with van der Waals surface area (Å²) in [6.07, 6.45) is 3.18. The standard InChI is InChI=1S/C22H25NO5/c1-26-21-8-5-17(14-18(21)15-23-9-11-28-12-10-23)19(24)6-3-16-4-7-22(27-2)20(25)13-16/h3-8,13-14,25H,9-12,15H2,1-2H3/b6-3+. The number of rotatable bonds is 7. The van der Waals surface area contributed by atoms with Crippen LogP contribution in [0.15, 0.2) is 42.5 Å². The monoisotopic (exact) mass is 383 g/mol. The van der Waals surface area contributed by atoms with Crippen molar-refractivity contribution in [3.05, 3.63) is 59.2 Å². The van der Waals surface area contributed by atoms with Crippen LogP contribution in [0.5, 0.6) is 17.2 Å². The van der Waals surface area contributed by atoms with Gasteiger partial charge in [0.1, 0.15) is 5.75 Å². The Bertz CT molecular complexity index is 856. The van der Waals surface area contributed by atoms with Crippen LogP contribution in [0, 0.1) is 0 Å². The van der Waals surface area contributed by atoms with Gasteiger partial charge in [-0.15, -0.1) is 0 Å². The van der Waals surface area contributed by atoms with E-state index in [2.05, 4.69) is 4.90 Å². The quantitative estimate of drug-likeness (QED) is 0.585. The van der Waals surface area contributed by atoms with Crippen molar-refractivity contribution in [1.29, 1.82) is 0 Å². The first kappa shape index (κ1) is 19.9. The van der Waals surface area contributed by atoms with Crippen molar-refractivity contribution in [2.75, 3.05) is 40.5 Å². The summed E-state index contributed by atoms with van der Waals surface area (Å²) in [4.78, 5) is 14.9. The number of phenols is 1. The van der Waals surface area contributed by atoms with Gasteiger partial charge in [0.25, 0.3) is 0 Å². The van der Waals surface area contributed by atoms with Gasteiger partial charge in [0.2, 0.25) is 0 Å². The summed E-state index contributed by atoms with van der Waals surface area (Å²) in [5.41, 5.74) is 2.29. The summed E-state index contributed by atoms with van der Waals surface area (Å²) in [6, 6.07) is 10.5. The summed E-state index contributed by atoms with van der Waals surface area (Å²) in [7, 11) is 3.13. The first-order valence-electron chi connectivity index (χ1n) is 9.17. The second-order valence-electron chi connectivity index (χ2n) is 6.54. The Hall–Kier alpha value is -2.83. The zero-order valence-corrected chi connectivity index (χ0v) is 16.2. The predicted octanol–water partition coefficient (Wildman–Crippen LogP) is 3.14. The van der Waals surface area contributed by atoms with Gasteiger partial charge in [0.15, 0.2) is 17.3 Å². The van der Waals surface area contributed by atoms with E-state index >= 15 is 0 Å². The summed E-state index contributed by atoms with van der Waals surface area (Å²) >= 11 is 0. The fraction of sp³-hybridized carbons (Fsp3) is 0.318. The number of morpholine rings is 1. The molecule has 2 aromatic carbocycles. The highest BCUT2D eigenvalue weighted by Gasteiger charge is 2.15. The average molecular weight is 383 g/mol. The maximum atomic E-state index is 12.6. The van der Waals surface area contributed by atoms with Crippen LogP contribution in [0.1, 0.15) is 21.5 Å². The number of hydrogen-bond acceptors (Lipinski definition) is 6. The minimum atomic E-state index is -0.110. The number of benzene rings is 2. The largest absolute Gasteiger partial charge is 0.504 e. The average Bonchev–Trinajstić information content (AvgIpc) is 2.73. The number of nitrogens with zero attached hydrogens (tertiary/aromatic N) is 1. The van der Waals surface area contributed by atoms with E-state index < -0.39 is 0 Å². The molecule has 0 aliphatic carbocycles. The molecule has 148 valence electrons. The summed E-state index contributed by atoms with van der Waals surface area (Å²) in [5.74, 6) is 1.09. The third kappa shape index (κ3) is 4.91.